The molecule has 0 radical (unpaired) electrons. The number of para-hydroxylation sites is 1. The van der Waals surface area contributed by atoms with Gasteiger partial charge in [-0.25, -0.2) is 4.79 Å². The van der Waals surface area contributed by atoms with Crippen molar-refractivity contribution in [2.45, 2.75) is 12.8 Å². The fraction of sp³-hybridized carbons (Fsp3) is 0.192. The number of ether oxygens (including phenoxy) is 2. The highest BCUT2D eigenvalue weighted by atomic mass is 16.5. The highest BCUT2D eigenvalue weighted by Crippen LogP contribution is 2.36. The topological polar surface area (TPSA) is 107 Å². The Hall–Kier alpha value is -4.33. The van der Waals surface area contributed by atoms with Gasteiger partial charge in [0.25, 0.3) is 5.91 Å². The SMILES string of the molecule is COc1cc2c(cc1NC(=O)COC(=O)c1ccc(NC(=O)C3CC3)cc1)oc1ccccc12. The molecule has 0 saturated heterocycles. The first-order valence-electron chi connectivity index (χ1n) is 10.9. The largest absolute Gasteiger partial charge is 0.495 e. The first kappa shape index (κ1) is 21.5. The van der Waals surface area contributed by atoms with E-state index in [1.165, 1.54) is 7.11 Å². The summed E-state index contributed by atoms with van der Waals surface area (Å²) >= 11 is 0. The number of hydrogen-bond donors (Lipinski definition) is 2. The predicted octanol–water partition coefficient (Wildman–Crippen LogP) is 4.74. The summed E-state index contributed by atoms with van der Waals surface area (Å²) in [5.74, 6) is -0.620. The minimum absolute atomic E-state index is 0.0109. The third-order valence-corrected chi connectivity index (χ3v) is 5.64. The Bertz CT molecular complexity index is 1400. The summed E-state index contributed by atoms with van der Waals surface area (Å²) in [6.45, 7) is -0.472. The van der Waals surface area contributed by atoms with Crippen molar-refractivity contribution < 1.29 is 28.3 Å². The molecule has 34 heavy (non-hydrogen) atoms. The predicted molar refractivity (Wildman–Crippen MR) is 127 cm³/mol. The van der Waals surface area contributed by atoms with Crippen molar-refractivity contribution >= 4 is 51.1 Å². The first-order valence-corrected chi connectivity index (χ1v) is 10.9. The van der Waals surface area contributed by atoms with Crippen molar-refractivity contribution in [1.82, 2.24) is 0 Å². The second kappa shape index (κ2) is 8.90. The van der Waals surface area contributed by atoms with Crippen molar-refractivity contribution in [3.05, 3.63) is 66.2 Å². The Kier molecular flexibility index (Phi) is 5.63. The van der Waals surface area contributed by atoms with Crippen LogP contribution < -0.4 is 15.4 Å². The lowest BCUT2D eigenvalue weighted by molar-refractivity contribution is -0.119. The third-order valence-electron chi connectivity index (χ3n) is 5.64. The summed E-state index contributed by atoms with van der Waals surface area (Å²) in [6, 6.07) is 17.5. The molecule has 1 saturated carbocycles. The number of furan rings is 1. The van der Waals surface area contributed by atoms with Gasteiger partial charge in [-0.3, -0.25) is 9.59 Å². The molecule has 1 heterocycles. The fourth-order valence-electron chi connectivity index (χ4n) is 3.70. The number of carbonyl (C=O) groups excluding carboxylic acids is 3. The number of nitrogens with one attached hydrogen (secondary N) is 2. The molecule has 1 fully saturated rings. The number of esters is 1. The molecule has 8 heteroatoms. The molecule has 2 amide bonds. The zero-order chi connectivity index (χ0) is 23.7. The van der Waals surface area contributed by atoms with Gasteiger partial charge < -0.3 is 24.5 Å². The van der Waals surface area contributed by atoms with E-state index in [-0.39, 0.29) is 17.4 Å². The molecule has 4 aromatic rings. The summed E-state index contributed by atoms with van der Waals surface area (Å²) in [5, 5.41) is 7.32. The Morgan fingerprint density at radius 2 is 1.71 bits per heavy atom. The Morgan fingerprint density at radius 1 is 0.941 bits per heavy atom. The number of carbonyl (C=O) groups is 3. The van der Waals surface area contributed by atoms with Crippen LogP contribution in [-0.4, -0.2) is 31.5 Å². The molecule has 0 bridgehead atoms. The van der Waals surface area contributed by atoms with Gasteiger partial charge in [-0.1, -0.05) is 18.2 Å². The lowest BCUT2D eigenvalue weighted by Crippen LogP contribution is -2.21. The Labute approximate surface area is 194 Å². The van der Waals surface area contributed by atoms with Gasteiger partial charge in [-0.15, -0.1) is 0 Å². The Morgan fingerprint density at radius 3 is 2.44 bits per heavy atom. The molecule has 0 unspecified atom stereocenters. The number of amides is 2. The average molecular weight is 458 g/mol. The van der Waals surface area contributed by atoms with Gasteiger partial charge in [0.1, 0.15) is 16.9 Å². The van der Waals surface area contributed by atoms with Gasteiger partial charge in [-0.2, -0.15) is 0 Å². The van der Waals surface area contributed by atoms with Gasteiger partial charge in [0.15, 0.2) is 6.61 Å². The maximum absolute atomic E-state index is 12.4. The normalized spacial score (nSPS) is 13.0. The maximum Gasteiger partial charge on any atom is 0.338 e. The fourth-order valence-corrected chi connectivity index (χ4v) is 3.70. The van der Waals surface area contributed by atoms with Crippen LogP contribution in [0.1, 0.15) is 23.2 Å². The summed E-state index contributed by atoms with van der Waals surface area (Å²) in [4.78, 5) is 36.6. The molecule has 3 aromatic carbocycles. The van der Waals surface area contributed by atoms with E-state index in [2.05, 4.69) is 10.6 Å². The molecule has 1 aromatic heterocycles. The van der Waals surface area contributed by atoms with E-state index in [0.717, 1.165) is 29.2 Å². The van der Waals surface area contributed by atoms with Crippen molar-refractivity contribution in [2.24, 2.45) is 5.92 Å². The van der Waals surface area contributed by atoms with Crippen LogP contribution in [0.3, 0.4) is 0 Å². The molecular weight excluding hydrogens is 436 g/mol. The van der Waals surface area contributed by atoms with Crippen LogP contribution in [0.25, 0.3) is 21.9 Å². The van der Waals surface area contributed by atoms with Gasteiger partial charge in [0, 0.05) is 28.4 Å². The molecule has 2 N–H and O–H groups in total. The highest BCUT2D eigenvalue weighted by Gasteiger charge is 2.29. The van der Waals surface area contributed by atoms with E-state index in [0.29, 0.717) is 22.7 Å². The van der Waals surface area contributed by atoms with Crippen molar-refractivity contribution in [3.63, 3.8) is 0 Å². The van der Waals surface area contributed by atoms with Crippen molar-refractivity contribution in [1.29, 1.82) is 0 Å². The van der Waals surface area contributed by atoms with E-state index < -0.39 is 18.5 Å². The number of fused-ring (bicyclic) bond motifs is 3. The van der Waals surface area contributed by atoms with Crippen molar-refractivity contribution in [2.75, 3.05) is 24.4 Å². The molecule has 0 atom stereocenters. The van der Waals surface area contributed by atoms with Crippen LogP contribution in [0.5, 0.6) is 5.75 Å². The number of benzene rings is 3. The number of hydrogen-bond acceptors (Lipinski definition) is 6. The third kappa shape index (κ3) is 4.43. The van der Waals surface area contributed by atoms with Gasteiger partial charge in [0.2, 0.25) is 5.91 Å². The average Bonchev–Trinajstić information content (AvgIpc) is 3.64. The quantitative estimate of drug-likeness (QED) is 0.388. The molecule has 0 aliphatic heterocycles. The minimum Gasteiger partial charge on any atom is -0.495 e. The second-order valence-corrected chi connectivity index (χ2v) is 8.11. The van der Waals surface area contributed by atoms with E-state index in [1.807, 2.05) is 24.3 Å². The van der Waals surface area contributed by atoms with Crippen molar-refractivity contribution in [3.8, 4) is 5.75 Å². The molecular formula is C26H22N2O6. The summed E-state index contributed by atoms with van der Waals surface area (Å²) in [5.41, 5.74) is 2.63. The number of rotatable bonds is 7. The molecule has 5 rings (SSSR count). The zero-order valence-corrected chi connectivity index (χ0v) is 18.4. The van der Waals surface area contributed by atoms with E-state index >= 15 is 0 Å². The summed E-state index contributed by atoms with van der Waals surface area (Å²) in [6.07, 6.45) is 1.83. The first-order chi connectivity index (χ1) is 16.5. The van der Waals surface area contributed by atoms with Crippen LogP contribution in [0.4, 0.5) is 11.4 Å². The van der Waals surface area contributed by atoms with Crippen LogP contribution in [0.2, 0.25) is 0 Å². The zero-order valence-electron chi connectivity index (χ0n) is 18.4. The van der Waals surface area contributed by atoms with Crippen LogP contribution in [0.15, 0.2) is 65.1 Å². The standard InChI is InChI=1S/C26H22N2O6/c1-32-23-12-19-18-4-2-3-5-21(18)34-22(19)13-20(23)28-24(29)14-33-26(31)16-8-10-17(11-9-16)27-25(30)15-6-7-15/h2-5,8-13,15H,6-7,14H2,1H3,(H,27,30)(H,28,29). The van der Waals surface area contributed by atoms with E-state index in [9.17, 15) is 14.4 Å². The Balaban J connectivity index is 1.22. The lowest BCUT2D eigenvalue weighted by Gasteiger charge is -2.11. The van der Waals surface area contributed by atoms with Gasteiger partial charge in [0.05, 0.1) is 18.4 Å². The smallest absolute Gasteiger partial charge is 0.338 e. The van der Waals surface area contributed by atoms with Gasteiger partial charge >= 0.3 is 5.97 Å². The van der Waals surface area contributed by atoms with E-state index in [4.69, 9.17) is 13.9 Å². The molecule has 172 valence electrons. The molecule has 8 nitrogen and oxygen atoms in total. The number of methoxy groups -OCH3 is 1. The van der Waals surface area contributed by atoms with Crippen LogP contribution in [0, 0.1) is 5.92 Å². The van der Waals surface area contributed by atoms with Gasteiger partial charge in [-0.05, 0) is 49.2 Å². The minimum atomic E-state index is -0.644. The number of anilines is 2. The maximum atomic E-state index is 12.4. The molecule has 1 aliphatic rings. The highest BCUT2D eigenvalue weighted by molar-refractivity contribution is 6.08. The summed E-state index contributed by atoms with van der Waals surface area (Å²) < 4.78 is 16.4. The second-order valence-electron chi connectivity index (χ2n) is 8.11. The van der Waals surface area contributed by atoms with Crippen LogP contribution in [-0.2, 0) is 14.3 Å². The summed E-state index contributed by atoms with van der Waals surface area (Å²) in [7, 11) is 1.51. The van der Waals surface area contributed by atoms with E-state index in [1.54, 1.807) is 36.4 Å². The molecule has 0 spiro atoms. The lowest BCUT2D eigenvalue weighted by atomic mass is 10.1. The monoisotopic (exact) mass is 458 g/mol. The van der Waals surface area contributed by atoms with Crippen LogP contribution >= 0.6 is 0 Å². The molecule has 1 aliphatic carbocycles.